The van der Waals surface area contributed by atoms with Crippen molar-refractivity contribution >= 4 is 27.5 Å². The molecule has 0 fully saturated rings. The minimum atomic E-state index is -0.597. The molecule has 0 amide bonds. The first-order chi connectivity index (χ1) is 9.20. The Balaban J connectivity index is 2.36. The first-order valence-electron chi connectivity index (χ1n) is 5.91. The molecule has 0 aliphatic rings. The molecule has 3 rings (SSSR count). The van der Waals surface area contributed by atoms with Crippen molar-refractivity contribution in [1.29, 1.82) is 0 Å². The summed E-state index contributed by atoms with van der Waals surface area (Å²) in [6.45, 7) is 0. The average Bonchev–Trinajstić information content (AvgIpc) is 2.45. The van der Waals surface area contributed by atoms with Crippen LogP contribution >= 0.6 is 0 Å². The van der Waals surface area contributed by atoms with Crippen molar-refractivity contribution in [2.75, 3.05) is 7.11 Å². The van der Waals surface area contributed by atoms with Crippen molar-refractivity contribution < 1.29 is 14.6 Å². The molecule has 3 nitrogen and oxygen atoms in total. The van der Waals surface area contributed by atoms with E-state index in [9.17, 15) is 9.90 Å². The van der Waals surface area contributed by atoms with Crippen molar-refractivity contribution in [2.24, 2.45) is 0 Å². The number of benzene rings is 3. The smallest absolute Gasteiger partial charge is 0.341 e. The molecule has 3 aromatic carbocycles. The number of hydrogen-bond donors (Lipinski definition) is 0. The Morgan fingerprint density at radius 2 is 1.63 bits per heavy atom. The highest BCUT2D eigenvalue weighted by atomic mass is 16.5. The molecule has 0 heterocycles. The zero-order valence-corrected chi connectivity index (χ0v) is 10.3. The Labute approximate surface area is 110 Å². The maximum atomic E-state index is 12.3. The fraction of sp³-hybridized carbons (Fsp3) is 0.0625. The van der Waals surface area contributed by atoms with Crippen LogP contribution in [-0.2, 0) is 9.84 Å². The molecule has 0 N–H and O–H groups in total. The predicted octanol–water partition coefficient (Wildman–Crippen LogP) is 3.92. The Kier molecular flexibility index (Phi) is 2.60. The van der Waals surface area contributed by atoms with Gasteiger partial charge in [0.2, 0.25) is 5.75 Å². The summed E-state index contributed by atoms with van der Waals surface area (Å²) < 4.78 is 4.61. The number of methoxy groups -OCH3 is 1. The molecule has 19 heavy (non-hydrogen) atoms. The van der Waals surface area contributed by atoms with Gasteiger partial charge in [-0.1, -0.05) is 30.3 Å². The molecule has 0 aliphatic carbocycles. The molecule has 0 unspecified atom stereocenters. The third-order valence-electron chi connectivity index (χ3n) is 3.24. The third-order valence-corrected chi connectivity index (χ3v) is 3.24. The van der Waals surface area contributed by atoms with Crippen LogP contribution < -0.4 is 0 Å². The van der Waals surface area contributed by atoms with Crippen LogP contribution in [-0.4, -0.2) is 13.1 Å². The number of carbonyl (C=O) groups excluding carboxylic acids is 1. The topological polar surface area (TPSA) is 46.2 Å². The summed E-state index contributed by atoms with van der Waals surface area (Å²) in [5, 5.41) is 15.7. The SMILES string of the molecule is COC(=O)c1ccc2cc3ccccc3cc2c1[O]. The van der Waals surface area contributed by atoms with Crippen molar-refractivity contribution in [3.05, 3.63) is 54.1 Å². The predicted molar refractivity (Wildman–Crippen MR) is 72.9 cm³/mol. The molecular formula is C16H11O3. The zero-order chi connectivity index (χ0) is 13.4. The minimum Gasteiger partial charge on any atom is -0.465 e. The lowest BCUT2D eigenvalue weighted by molar-refractivity contribution is 0.0596. The summed E-state index contributed by atoms with van der Waals surface area (Å²) in [5.74, 6) is -0.879. The van der Waals surface area contributed by atoms with Gasteiger partial charge in [-0.05, 0) is 34.4 Å². The van der Waals surface area contributed by atoms with Crippen LogP contribution in [0, 0.1) is 0 Å². The summed E-state index contributed by atoms with van der Waals surface area (Å²) >= 11 is 0. The molecule has 0 bridgehead atoms. The molecule has 3 heteroatoms. The molecule has 0 saturated carbocycles. The summed E-state index contributed by atoms with van der Waals surface area (Å²) in [7, 11) is 1.27. The Morgan fingerprint density at radius 1 is 0.947 bits per heavy atom. The molecule has 93 valence electrons. The molecule has 0 saturated heterocycles. The van der Waals surface area contributed by atoms with E-state index in [1.807, 2.05) is 36.4 Å². The summed E-state index contributed by atoms with van der Waals surface area (Å²) in [6, 6.07) is 14.9. The molecule has 0 atom stereocenters. The van der Waals surface area contributed by atoms with Crippen LogP contribution in [0.3, 0.4) is 0 Å². The lowest BCUT2D eigenvalue weighted by Gasteiger charge is -2.06. The Morgan fingerprint density at radius 3 is 2.32 bits per heavy atom. The van der Waals surface area contributed by atoms with Gasteiger partial charge in [0.25, 0.3) is 0 Å². The van der Waals surface area contributed by atoms with Gasteiger partial charge in [-0.25, -0.2) is 4.79 Å². The molecular weight excluding hydrogens is 240 g/mol. The largest absolute Gasteiger partial charge is 0.465 e. The highest BCUT2D eigenvalue weighted by Crippen LogP contribution is 2.32. The lowest BCUT2D eigenvalue weighted by Crippen LogP contribution is -2.01. The van der Waals surface area contributed by atoms with Gasteiger partial charge in [0, 0.05) is 5.39 Å². The van der Waals surface area contributed by atoms with Crippen molar-refractivity contribution in [1.82, 2.24) is 0 Å². The highest BCUT2D eigenvalue weighted by Gasteiger charge is 2.16. The number of esters is 1. The standard InChI is InChI=1S/C16H11O3/c1-19-16(18)13-7-6-12-8-10-4-2-3-5-11(10)9-14(12)15(13)17/h2-9H,1H3. The Bertz CT molecular complexity index is 790. The molecule has 1 radical (unpaired) electrons. The van der Waals surface area contributed by atoms with Gasteiger partial charge >= 0.3 is 5.97 Å². The third kappa shape index (κ3) is 1.80. The van der Waals surface area contributed by atoms with Crippen LogP contribution in [0.4, 0.5) is 0 Å². The van der Waals surface area contributed by atoms with Gasteiger partial charge in [0.05, 0.1) is 7.11 Å². The number of ether oxygens (including phenoxy) is 1. The minimum absolute atomic E-state index is 0.0743. The molecule has 0 spiro atoms. The van der Waals surface area contributed by atoms with E-state index in [0.717, 1.165) is 16.2 Å². The van der Waals surface area contributed by atoms with Crippen molar-refractivity contribution in [3.63, 3.8) is 0 Å². The fourth-order valence-electron chi connectivity index (χ4n) is 2.26. The molecule has 0 aliphatic heterocycles. The van der Waals surface area contributed by atoms with Crippen LogP contribution in [0.1, 0.15) is 10.4 Å². The monoisotopic (exact) mass is 251 g/mol. The lowest BCUT2D eigenvalue weighted by atomic mass is 10.0. The zero-order valence-electron chi connectivity index (χ0n) is 10.3. The molecule has 3 aromatic rings. The van der Waals surface area contributed by atoms with E-state index in [-0.39, 0.29) is 11.3 Å². The van der Waals surface area contributed by atoms with Gasteiger partial charge < -0.3 is 4.74 Å². The first-order valence-corrected chi connectivity index (χ1v) is 5.91. The van der Waals surface area contributed by atoms with Gasteiger partial charge in [-0.2, -0.15) is 0 Å². The van der Waals surface area contributed by atoms with E-state index >= 15 is 0 Å². The van der Waals surface area contributed by atoms with Crippen molar-refractivity contribution in [2.45, 2.75) is 0 Å². The van der Waals surface area contributed by atoms with Crippen molar-refractivity contribution in [3.8, 4) is 5.75 Å². The highest BCUT2D eigenvalue weighted by molar-refractivity contribution is 6.05. The maximum absolute atomic E-state index is 12.3. The van der Waals surface area contributed by atoms with E-state index < -0.39 is 5.97 Å². The summed E-state index contributed by atoms with van der Waals surface area (Å²) in [6.07, 6.45) is 0. The first kappa shape index (κ1) is 11.5. The maximum Gasteiger partial charge on any atom is 0.341 e. The van der Waals surface area contributed by atoms with Crippen LogP contribution in [0.2, 0.25) is 0 Å². The second-order valence-corrected chi connectivity index (χ2v) is 4.35. The van der Waals surface area contributed by atoms with Gasteiger partial charge in [0.15, 0.2) is 0 Å². The summed E-state index contributed by atoms with van der Waals surface area (Å²) in [4.78, 5) is 11.5. The number of carbonyl (C=O) groups is 1. The Hall–Kier alpha value is -2.55. The summed E-state index contributed by atoms with van der Waals surface area (Å²) in [5.41, 5.74) is 0.0743. The van der Waals surface area contributed by atoms with E-state index in [1.54, 1.807) is 6.07 Å². The average molecular weight is 251 g/mol. The van der Waals surface area contributed by atoms with Crippen LogP contribution in [0.25, 0.3) is 21.5 Å². The van der Waals surface area contributed by atoms with Gasteiger partial charge in [-0.15, -0.1) is 0 Å². The number of fused-ring (bicyclic) bond motifs is 2. The number of rotatable bonds is 1. The van der Waals surface area contributed by atoms with Crippen LogP contribution in [0.15, 0.2) is 48.5 Å². The molecule has 0 aromatic heterocycles. The van der Waals surface area contributed by atoms with Crippen LogP contribution in [0.5, 0.6) is 5.75 Å². The number of hydrogen-bond acceptors (Lipinski definition) is 2. The van der Waals surface area contributed by atoms with E-state index in [0.29, 0.717) is 5.39 Å². The van der Waals surface area contributed by atoms with Gasteiger partial charge in [0.1, 0.15) is 5.56 Å². The quantitative estimate of drug-likeness (QED) is 0.486. The second-order valence-electron chi connectivity index (χ2n) is 4.35. The van der Waals surface area contributed by atoms with Gasteiger partial charge in [-0.3, -0.25) is 5.11 Å². The van der Waals surface area contributed by atoms with E-state index in [1.165, 1.54) is 13.2 Å². The van der Waals surface area contributed by atoms with E-state index in [2.05, 4.69) is 4.74 Å². The normalized spacial score (nSPS) is 10.8. The second kappa shape index (κ2) is 4.28. The fourth-order valence-corrected chi connectivity index (χ4v) is 2.26. The van der Waals surface area contributed by atoms with E-state index in [4.69, 9.17) is 0 Å².